The van der Waals surface area contributed by atoms with Crippen LogP contribution in [0.5, 0.6) is 0 Å². The van der Waals surface area contributed by atoms with Crippen molar-refractivity contribution in [1.29, 1.82) is 0 Å². The van der Waals surface area contributed by atoms with Crippen LogP contribution in [0, 0.1) is 11.8 Å². The van der Waals surface area contributed by atoms with Crippen LogP contribution in [-0.4, -0.2) is 37.4 Å². The summed E-state index contributed by atoms with van der Waals surface area (Å²) in [7, 11) is 0. The molecular weight excluding hydrogens is 278 g/mol. The lowest BCUT2D eigenvalue weighted by Crippen LogP contribution is -2.51. The molecule has 1 spiro atoms. The topological polar surface area (TPSA) is 47.6 Å². The monoisotopic (exact) mass is 309 g/mol. The van der Waals surface area contributed by atoms with Crippen LogP contribution in [0.2, 0.25) is 0 Å². The second kappa shape index (κ2) is 7.31. The van der Waals surface area contributed by atoms with Crippen molar-refractivity contribution < 1.29 is 14.3 Å². The van der Waals surface area contributed by atoms with Gasteiger partial charge in [-0.2, -0.15) is 0 Å². The molecule has 3 aliphatic rings. The minimum atomic E-state index is -0.0386. The Labute approximate surface area is 134 Å². The molecule has 22 heavy (non-hydrogen) atoms. The highest BCUT2D eigenvalue weighted by Crippen LogP contribution is 2.35. The number of nitrogens with one attached hydrogen (secondary N) is 1. The summed E-state index contributed by atoms with van der Waals surface area (Å²) < 4.78 is 11.5. The molecule has 1 aliphatic carbocycles. The van der Waals surface area contributed by atoms with E-state index in [4.69, 9.17) is 9.47 Å². The van der Waals surface area contributed by atoms with Gasteiger partial charge >= 0.3 is 0 Å². The first-order valence-corrected chi connectivity index (χ1v) is 9.19. The van der Waals surface area contributed by atoms with Crippen molar-refractivity contribution in [3.8, 4) is 0 Å². The second-order valence-electron chi connectivity index (χ2n) is 7.63. The van der Waals surface area contributed by atoms with Gasteiger partial charge in [-0.15, -0.1) is 0 Å². The van der Waals surface area contributed by atoms with E-state index in [0.29, 0.717) is 0 Å². The van der Waals surface area contributed by atoms with E-state index < -0.39 is 0 Å². The Bertz CT molecular complexity index is 367. The Morgan fingerprint density at radius 3 is 2.64 bits per heavy atom. The second-order valence-corrected chi connectivity index (χ2v) is 7.63. The van der Waals surface area contributed by atoms with Crippen molar-refractivity contribution >= 4 is 5.91 Å². The van der Waals surface area contributed by atoms with Gasteiger partial charge in [0.05, 0.1) is 5.60 Å². The molecule has 1 amide bonds. The smallest absolute Gasteiger partial charge is 0.223 e. The molecular formula is C18H31NO3. The fraction of sp³-hybridized carbons (Fsp3) is 0.944. The molecule has 2 atom stereocenters. The molecule has 1 N–H and O–H groups in total. The van der Waals surface area contributed by atoms with E-state index >= 15 is 0 Å². The third kappa shape index (κ3) is 4.02. The van der Waals surface area contributed by atoms with E-state index in [1.165, 1.54) is 25.7 Å². The standard InChI is InChI=1S/C18H31NO3/c1-14(12-15-4-2-3-5-15)17(20)19-16-6-9-22-18(13-16)7-10-21-11-8-18/h14-16H,2-13H2,1H3,(H,19,20)/t14-,16-/m1/s1. The Hall–Kier alpha value is -0.610. The number of hydrogen-bond acceptors (Lipinski definition) is 3. The maximum Gasteiger partial charge on any atom is 0.223 e. The number of hydrogen-bond donors (Lipinski definition) is 1. The van der Waals surface area contributed by atoms with E-state index in [9.17, 15) is 4.79 Å². The third-order valence-electron chi connectivity index (χ3n) is 5.85. The fourth-order valence-corrected chi connectivity index (χ4v) is 4.44. The first-order valence-electron chi connectivity index (χ1n) is 9.19. The van der Waals surface area contributed by atoms with Crippen LogP contribution in [0.3, 0.4) is 0 Å². The van der Waals surface area contributed by atoms with Crippen LogP contribution in [0.15, 0.2) is 0 Å². The van der Waals surface area contributed by atoms with Gasteiger partial charge in [0.15, 0.2) is 0 Å². The van der Waals surface area contributed by atoms with Crippen LogP contribution in [0.1, 0.15) is 64.7 Å². The van der Waals surface area contributed by atoms with Gasteiger partial charge in [0, 0.05) is 31.8 Å². The molecule has 0 bridgehead atoms. The van der Waals surface area contributed by atoms with E-state index in [-0.39, 0.29) is 23.5 Å². The molecule has 3 rings (SSSR count). The molecule has 4 heteroatoms. The predicted octanol–water partition coefficient (Wildman–Crippen LogP) is 3.05. The first kappa shape index (κ1) is 16.3. The van der Waals surface area contributed by atoms with E-state index in [1.807, 2.05) is 0 Å². The Morgan fingerprint density at radius 1 is 1.18 bits per heavy atom. The van der Waals surface area contributed by atoms with Crippen LogP contribution >= 0.6 is 0 Å². The average molecular weight is 309 g/mol. The predicted molar refractivity (Wildman–Crippen MR) is 85.6 cm³/mol. The van der Waals surface area contributed by atoms with Crippen LogP contribution in [-0.2, 0) is 14.3 Å². The lowest BCUT2D eigenvalue weighted by Gasteiger charge is -2.43. The molecule has 0 aromatic heterocycles. The van der Waals surface area contributed by atoms with E-state index in [1.54, 1.807) is 0 Å². The SMILES string of the molecule is C[C@H](CC1CCCC1)C(=O)N[C@@H]1CCOC2(CCOCC2)C1. The Balaban J connectivity index is 1.47. The van der Waals surface area contributed by atoms with Crippen molar-refractivity contribution in [2.75, 3.05) is 19.8 Å². The lowest BCUT2D eigenvalue weighted by atomic mass is 9.84. The molecule has 126 valence electrons. The Kier molecular flexibility index (Phi) is 5.40. The number of rotatable bonds is 4. The minimum Gasteiger partial charge on any atom is -0.381 e. The summed E-state index contributed by atoms with van der Waals surface area (Å²) in [5.41, 5.74) is -0.0386. The zero-order valence-electron chi connectivity index (χ0n) is 13.9. The number of carbonyl (C=O) groups excluding carboxylic acids is 1. The summed E-state index contributed by atoms with van der Waals surface area (Å²) >= 11 is 0. The zero-order chi connectivity index (χ0) is 15.4. The number of ether oxygens (including phenoxy) is 2. The fourth-order valence-electron chi connectivity index (χ4n) is 4.44. The molecule has 4 nitrogen and oxygen atoms in total. The minimum absolute atomic E-state index is 0.0386. The first-order chi connectivity index (χ1) is 10.7. The molecule has 0 radical (unpaired) electrons. The zero-order valence-corrected chi connectivity index (χ0v) is 13.9. The highest BCUT2D eigenvalue weighted by atomic mass is 16.5. The molecule has 2 heterocycles. The van der Waals surface area contributed by atoms with Gasteiger partial charge in [-0.3, -0.25) is 4.79 Å². The van der Waals surface area contributed by atoms with Crippen LogP contribution < -0.4 is 5.32 Å². The Morgan fingerprint density at radius 2 is 1.91 bits per heavy atom. The van der Waals surface area contributed by atoms with Gasteiger partial charge in [-0.25, -0.2) is 0 Å². The van der Waals surface area contributed by atoms with Gasteiger partial charge in [0.25, 0.3) is 0 Å². The average Bonchev–Trinajstić information content (AvgIpc) is 3.01. The van der Waals surface area contributed by atoms with Gasteiger partial charge < -0.3 is 14.8 Å². The highest BCUT2D eigenvalue weighted by molar-refractivity contribution is 5.78. The maximum absolute atomic E-state index is 12.5. The maximum atomic E-state index is 12.5. The van der Waals surface area contributed by atoms with Gasteiger partial charge in [0.2, 0.25) is 5.91 Å². The van der Waals surface area contributed by atoms with Crippen molar-refractivity contribution in [3.63, 3.8) is 0 Å². The molecule has 2 saturated heterocycles. The summed E-state index contributed by atoms with van der Waals surface area (Å²) in [5, 5.41) is 3.30. The summed E-state index contributed by atoms with van der Waals surface area (Å²) in [6.45, 7) is 4.44. The van der Waals surface area contributed by atoms with Crippen molar-refractivity contribution in [2.24, 2.45) is 11.8 Å². The van der Waals surface area contributed by atoms with Gasteiger partial charge in [0.1, 0.15) is 0 Å². The van der Waals surface area contributed by atoms with Crippen LogP contribution in [0.25, 0.3) is 0 Å². The molecule has 3 fully saturated rings. The molecule has 0 aromatic rings. The van der Waals surface area contributed by atoms with E-state index in [0.717, 1.165) is 57.8 Å². The third-order valence-corrected chi connectivity index (χ3v) is 5.85. The summed E-state index contributed by atoms with van der Waals surface area (Å²) in [5.74, 6) is 1.18. The summed E-state index contributed by atoms with van der Waals surface area (Å²) in [6.07, 6.45) is 10.2. The van der Waals surface area contributed by atoms with Crippen LogP contribution in [0.4, 0.5) is 0 Å². The van der Waals surface area contributed by atoms with Crippen molar-refractivity contribution in [1.82, 2.24) is 5.32 Å². The molecule has 0 aromatic carbocycles. The number of carbonyl (C=O) groups is 1. The highest BCUT2D eigenvalue weighted by Gasteiger charge is 2.39. The van der Waals surface area contributed by atoms with Gasteiger partial charge in [-0.05, 0) is 38.0 Å². The van der Waals surface area contributed by atoms with Crippen molar-refractivity contribution in [2.45, 2.75) is 76.4 Å². The van der Waals surface area contributed by atoms with Crippen molar-refractivity contribution in [3.05, 3.63) is 0 Å². The molecule has 0 unspecified atom stereocenters. The quantitative estimate of drug-likeness (QED) is 0.868. The normalized spacial score (nSPS) is 30.3. The molecule has 1 saturated carbocycles. The largest absolute Gasteiger partial charge is 0.381 e. The van der Waals surface area contributed by atoms with E-state index in [2.05, 4.69) is 12.2 Å². The molecule has 2 aliphatic heterocycles. The summed E-state index contributed by atoms with van der Waals surface area (Å²) in [6, 6.07) is 0.283. The van der Waals surface area contributed by atoms with Gasteiger partial charge in [-0.1, -0.05) is 32.6 Å². The summed E-state index contributed by atoms with van der Waals surface area (Å²) in [4.78, 5) is 12.5. The number of amides is 1. The lowest BCUT2D eigenvalue weighted by molar-refractivity contribution is -0.145.